The van der Waals surface area contributed by atoms with E-state index in [1.54, 1.807) is 0 Å². The molecule has 0 aromatic rings. The van der Waals surface area contributed by atoms with Gasteiger partial charge < -0.3 is 9.64 Å². The van der Waals surface area contributed by atoms with Gasteiger partial charge in [-0.1, -0.05) is 166 Å². The Morgan fingerprint density at radius 1 is 0.490 bits per heavy atom. The van der Waals surface area contributed by atoms with Crippen molar-refractivity contribution in [3.63, 3.8) is 0 Å². The number of allylic oxidation sites excluding steroid dienone is 9. The Bertz CT molecular complexity index is 825. The first-order valence-electron chi connectivity index (χ1n) is 22.2. The third-order valence-corrected chi connectivity index (χ3v) is 10.7. The summed E-state index contributed by atoms with van der Waals surface area (Å²) >= 11 is 0. The van der Waals surface area contributed by atoms with Crippen LogP contribution in [0.25, 0.3) is 0 Å². The third kappa shape index (κ3) is 35.3. The molecule has 51 heavy (non-hydrogen) atoms. The highest BCUT2D eigenvalue weighted by molar-refractivity contribution is 4.97. The molecule has 0 unspecified atom stereocenters. The highest BCUT2D eigenvalue weighted by atomic mass is 16.5. The summed E-state index contributed by atoms with van der Waals surface area (Å²) in [5, 5.41) is 0. The van der Waals surface area contributed by atoms with Gasteiger partial charge in [0.05, 0.1) is 12.9 Å². The Kier molecular flexibility index (Phi) is 34.4. The zero-order chi connectivity index (χ0) is 37.7. The Balaban J connectivity index is 4.36. The van der Waals surface area contributed by atoms with Crippen LogP contribution in [0.2, 0.25) is 0 Å². The Hall–Kier alpha value is -1.54. The van der Waals surface area contributed by atoms with Gasteiger partial charge in [0.1, 0.15) is 0 Å². The molecule has 0 radical (unpaired) electrons. The minimum Gasteiger partial charge on any atom is -0.501 e. The van der Waals surface area contributed by atoms with Gasteiger partial charge in [-0.2, -0.15) is 0 Å². The van der Waals surface area contributed by atoms with Crippen LogP contribution in [0.3, 0.4) is 0 Å². The first-order valence-corrected chi connectivity index (χ1v) is 22.2. The minimum atomic E-state index is 0.116. The summed E-state index contributed by atoms with van der Waals surface area (Å²) in [6.45, 7) is 14.8. The van der Waals surface area contributed by atoms with Gasteiger partial charge in [0.15, 0.2) is 0 Å². The van der Waals surface area contributed by atoms with Gasteiger partial charge >= 0.3 is 0 Å². The second-order valence-corrected chi connectivity index (χ2v) is 17.1. The molecular formula is C49H91NO. The molecule has 0 fully saturated rings. The summed E-state index contributed by atoms with van der Waals surface area (Å²) < 4.78 is 6.25. The predicted octanol–water partition coefficient (Wildman–Crippen LogP) is 16.3. The maximum atomic E-state index is 6.25. The summed E-state index contributed by atoms with van der Waals surface area (Å²) in [5.41, 5.74) is 0.282. The van der Waals surface area contributed by atoms with Gasteiger partial charge in [0.25, 0.3) is 0 Å². The lowest BCUT2D eigenvalue weighted by atomic mass is 9.79. The van der Waals surface area contributed by atoms with Crippen LogP contribution >= 0.6 is 0 Å². The molecule has 0 N–H and O–H groups in total. The van der Waals surface area contributed by atoms with Crippen molar-refractivity contribution in [2.45, 2.75) is 220 Å². The molecule has 0 saturated carbocycles. The molecule has 0 spiro atoms. The normalized spacial score (nSPS) is 13.3. The van der Waals surface area contributed by atoms with Crippen LogP contribution < -0.4 is 0 Å². The smallest absolute Gasteiger partial charge is 0.0901 e. The van der Waals surface area contributed by atoms with Gasteiger partial charge in [-0.25, -0.2) is 0 Å². The van der Waals surface area contributed by atoms with Crippen LogP contribution in [0.5, 0.6) is 0 Å². The lowest BCUT2D eigenvalue weighted by Crippen LogP contribution is -2.41. The number of hydrogen-bond acceptors (Lipinski definition) is 2. The summed E-state index contributed by atoms with van der Waals surface area (Å²) in [7, 11) is 4.37. The van der Waals surface area contributed by atoms with E-state index >= 15 is 0 Å². The average molecular weight is 710 g/mol. The summed E-state index contributed by atoms with van der Waals surface area (Å²) in [6, 6.07) is 0. The average Bonchev–Trinajstić information content (AvgIpc) is 3.08. The molecule has 298 valence electrons. The lowest BCUT2D eigenvalue weighted by molar-refractivity contribution is 0.136. The molecule has 0 aliphatic heterocycles. The van der Waals surface area contributed by atoms with Gasteiger partial charge in [-0.05, 0) is 129 Å². The first kappa shape index (κ1) is 49.5. The largest absolute Gasteiger partial charge is 0.501 e. The molecule has 2 heteroatoms. The monoisotopic (exact) mass is 710 g/mol. The molecule has 0 rings (SSSR count). The second-order valence-electron chi connectivity index (χ2n) is 17.1. The topological polar surface area (TPSA) is 12.5 Å². The number of unbranched alkanes of at least 4 members (excludes halogenated alkanes) is 18. The van der Waals surface area contributed by atoms with Crippen LogP contribution in [-0.2, 0) is 4.74 Å². The van der Waals surface area contributed by atoms with Gasteiger partial charge in [0, 0.05) is 5.54 Å². The summed E-state index contributed by atoms with van der Waals surface area (Å²) in [5.74, 6) is 0.688. The Morgan fingerprint density at radius 2 is 0.863 bits per heavy atom. The molecule has 0 saturated heterocycles. The number of ether oxygens (including phenoxy) is 1. The van der Waals surface area contributed by atoms with E-state index in [0.29, 0.717) is 5.92 Å². The molecule has 0 aromatic carbocycles. The van der Waals surface area contributed by atoms with Crippen LogP contribution in [0, 0.1) is 11.3 Å². The molecular weight excluding hydrogens is 619 g/mol. The van der Waals surface area contributed by atoms with Crippen molar-refractivity contribution >= 4 is 0 Å². The Labute approximate surface area is 322 Å². The SMILES string of the molecule is CCCCC/C=C\C/C=C\CCCCCCCCC(CCCCCCCC/C=C\C/C=C\CCCCC)CO/C=C/C(C)(C)CC(C)(C)N(C)C. The summed E-state index contributed by atoms with van der Waals surface area (Å²) in [6.07, 6.45) is 58.6. The standard InChI is InChI=1S/C49H91NO/c1-9-11-13-15-17-19-21-23-25-27-29-31-33-35-37-39-41-47(45-51-44-43-48(3,4)46-49(5,6)50(7)8)42-40-38-36-34-32-30-28-26-24-22-20-18-16-14-12-10-2/h17-20,23-26,43-44,47H,9-16,21-22,27-42,45-46H2,1-8H3/b19-17-,20-18-,25-23-,26-24-,44-43+. The predicted molar refractivity (Wildman–Crippen MR) is 233 cm³/mol. The first-order chi connectivity index (χ1) is 24.6. The van der Waals surface area contributed by atoms with E-state index in [0.717, 1.165) is 25.9 Å². The van der Waals surface area contributed by atoms with Crippen molar-refractivity contribution < 1.29 is 4.74 Å². The van der Waals surface area contributed by atoms with E-state index in [1.165, 1.54) is 154 Å². The van der Waals surface area contributed by atoms with E-state index in [-0.39, 0.29) is 11.0 Å². The highest BCUT2D eigenvalue weighted by Crippen LogP contribution is 2.32. The molecule has 2 nitrogen and oxygen atoms in total. The number of rotatable bonds is 37. The fourth-order valence-corrected chi connectivity index (χ4v) is 6.91. The van der Waals surface area contributed by atoms with Crippen molar-refractivity contribution in [1.29, 1.82) is 0 Å². The van der Waals surface area contributed by atoms with Gasteiger partial charge in [-0.3, -0.25) is 0 Å². The van der Waals surface area contributed by atoms with Crippen LogP contribution in [0.4, 0.5) is 0 Å². The molecule has 0 aromatic heterocycles. The van der Waals surface area contributed by atoms with Crippen molar-refractivity contribution in [2.75, 3.05) is 20.7 Å². The van der Waals surface area contributed by atoms with Crippen molar-refractivity contribution in [2.24, 2.45) is 11.3 Å². The molecule has 0 aliphatic carbocycles. The number of nitrogens with zero attached hydrogens (tertiary/aromatic N) is 1. The molecule has 0 aliphatic rings. The van der Waals surface area contributed by atoms with Crippen molar-refractivity contribution in [3.8, 4) is 0 Å². The zero-order valence-electron chi connectivity index (χ0n) is 36.0. The maximum Gasteiger partial charge on any atom is 0.0901 e. The van der Waals surface area contributed by atoms with Crippen LogP contribution in [0.1, 0.15) is 215 Å². The van der Waals surface area contributed by atoms with Gasteiger partial charge in [-0.15, -0.1) is 0 Å². The van der Waals surface area contributed by atoms with E-state index in [2.05, 4.69) is 115 Å². The molecule has 0 bridgehead atoms. The minimum absolute atomic E-state index is 0.116. The Morgan fingerprint density at radius 3 is 1.25 bits per heavy atom. The van der Waals surface area contributed by atoms with E-state index in [9.17, 15) is 0 Å². The van der Waals surface area contributed by atoms with Gasteiger partial charge in [0.2, 0.25) is 0 Å². The molecule has 0 heterocycles. The third-order valence-electron chi connectivity index (χ3n) is 10.7. The zero-order valence-corrected chi connectivity index (χ0v) is 36.0. The fraction of sp³-hybridized carbons (Fsp3) is 0.796. The van der Waals surface area contributed by atoms with Crippen molar-refractivity contribution in [1.82, 2.24) is 4.90 Å². The number of hydrogen-bond donors (Lipinski definition) is 0. The molecule has 0 amide bonds. The van der Waals surface area contributed by atoms with E-state index in [1.807, 2.05) is 6.26 Å². The van der Waals surface area contributed by atoms with Crippen LogP contribution in [0.15, 0.2) is 60.9 Å². The highest BCUT2D eigenvalue weighted by Gasteiger charge is 2.28. The maximum absolute atomic E-state index is 6.25. The van der Waals surface area contributed by atoms with E-state index in [4.69, 9.17) is 4.74 Å². The summed E-state index contributed by atoms with van der Waals surface area (Å²) in [4.78, 5) is 2.33. The second kappa shape index (κ2) is 35.5. The quantitative estimate of drug-likeness (QED) is 0.0362. The van der Waals surface area contributed by atoms with Crippen LogP contribution in [-0.4, -0.2) is 31.1 Å². The fourth-order valence-electron chi connectivity index (χ4n) is 6.91. The molecule has 0 atom stereocenters. The lowest BCUT2D eigenvalue weighted by Gasteiger charge is -2.38. The van der Waals surface area contributed by atoms with Crippen molar-refractivity contribution in [3.05, 3.63) is 60.9 Å². The van der Waals surface area contributed by atoms with E-state index < -0.39 is 0 Å².